The molecule has 1 unspecified atom stereocenters. The smallest absolute Gasteiger partial charge is 0.253 e. The van der Waals surface area contributed by atoms with Gasteiger partial charge in [-0.3, -0.25) is 14.2 Å². The highest BCUT2D eigenvalue weighted by atomic mass is 32.2. The molecule has 1 atom stereocenters. The van der Waals surface area contributed by atoms with Crippen molar-refractivity contribution in [1.29, 1.82) is 0 Å². The molecular weight excluding hydrogens is 396 g/mol. The number of imidazole rings is 1. The maximum absolute atomic E-state index is 13.0. The molecule has 162 valence electrons. The third-order valence-electron chi connectivity index (χ3n) is 5.59. The molecule has 3 rings (SSSR count). The third kappa shape index (κ3) is 5.65. The average molecular weight is 429 g/mol. The van der Waals surface area contributed by atoms with Crippen LogP contribution in [-0.2, 0) is 4.79 Å². The van der Waals surface area contributed by atoms with Crippen LogP contribution in [0.3, 0.4) is 0 Å². The number of likely N-dealkylation sites (tertiary alicyclic amines) is 1. The minimum Gasteiger partial charge on any atom is -0.356 e. The van der Waals surface area contributed by atoms with Crippen molar-refractivity contribution in [3.8, 4) is 5.69 Å². The van der Waals surface area contributed by atoms with Crippen LogP contribution in [0, 0.1) is 5.92 Å². The van der Waals surface area contributed by atoms with E-state index in [0.29, 0.717) is 18.7 Å². The highest BCUT2D eigenvalue weighted by molar-refractivity contribution is 7.98. The summed E-state index contributed by atoms with van der Waals surface area (Å²) >= 11 is 1.58. The van der Waals surface area contributed by atoms with Gasteiger partial charge in [-0.1, -0.05) is 37.9 Å². The zero-order valence-electron chi connectivity index (χ0n) is 18.0. The van der Waals surface area contributed by atoms with E-state index in [-0.39, 0.29) is 17.7 Å². The van der Waals surface area contributed by atoms with Crippen LogP contribution in [0.4, 0.5) is 0 Å². The van der Waals surface area contributed by atoms with Crippen molar-refractivity contribution < 1.29 is 9.59 Å². The van der Waals surface area contributed by atoms with Gasteiger partial charge in [-0.05, 0) is 49.8 Å². The number of hydrogen-bond donors (Lipinski definition) is 1. The van der Waals surface area contributed by atoms with E-state index in [9.17, 15) is 9.59 Å². The molecule has 1 aromatic heterocycles. The molecular formula is C23H32N4O2S. The zero-order valence-corrected chi connectivity index (χ0v) is 18.8. The van der Waals surface area contributed by atoms with Crippen molar-refractivity contribution >= 4 is 23.6 Å². The van der Waals surface area contributed by atoms with Gasteiger partial charge >= 0.3 is 0 Å². The molecule has 2 aromatic rings. The molecule has 30 heavy (non-hydrogen) atoms. The standard InChI is InChI=1S/C23H32N4O2S/c1-3-4-5-6-13-24-21(28)19-8-7-15-26(17-19)22(29)18-9-11-20(12-10-18)27-16-14-25-23(27)30-2/h9-12,14,16,19H,3-8,13,15,17H2,1-2H3,(H,24,28). The summed E-state index contributed by atoms with van der Waals surface area (Å²) in [5, 5.41) is 3.97. The second-order valence-electron chi connectivity index (χ2n) is 7.77. The number of nitrogens with zero attached hydrogens (tertiary/aromatic N) is 3. The summed E-state index contributed by atoms with van der Waals surface area (Å²) in [5.74, 6) is -0.0231. The van der Waals surface area contributed by atoms with E-state index < -0.39 is 0 Å². The quantitative estimate of drug-likeness (QED) is 0.481. The van der Waals surface area contributed by atoms with Crippen LogP contribution < -0.4 is 5.32 Å². The maximum atomic E-state index is 13.0. The number of thioether (sulfide) groups is 1. The van der Waals surface area contributed by atoms with E-state index in [4.69, 9.17) is 0 Å². The molecule has 0 saturated carbocycles. The fourth-order valence-corrected chi connectivity index (χ4v) is 4.40. The Balaban J connectivity index is 1.56. The van der Waals surface area contributed by atoms with Crippen LogP contribution in [0.1, 0.15) is 55.8 Å². The molecule has 1 aromatic carbocycles. The van der Waals surface area contributed by atoms with Crippen LogP contribution in [0.15, 0.2) is 41.8 Å². The highest BCUT2D eigenvalue weighted by Gasteiger charge is 2.28. The Morgan fingerprint density at radius 1 is 1.20 bits per heavy atom. The Labute approximate surface area is 183 Å². The van der Waals surface area contributed by atoms with E-state index in [1.807, 2.05) is 46.2 Å². The Bertz CT molecular complexity index is 834. The molecule has 2 amide bonds. The van der Waals surface area contributed by atoms with Crippen LogP contribution >= 0.6 is 11.8 Å². The molecule has 1 saturated heterocycles. The van der Waals surface area contributed by atoms with Crippen LogP contribution in [0.2, 0.25) is 0 Å². The van der Waals surface area contributed by atoms with Crippen molar-refractivity contribution in [2.45, 2.75) is 50.6 Å². The first-order chi connectivity index (χ1) is 14.6. The van der Waals surface area contributed by atoms with Gasteiger partial charge in [-0.15, -0.1) is 0 Å². The SMILES string of the molecule is CCCCCCNC(=O)C1CCCN(C(=O)c2ccc(-n3ccnc3SC)cc2)C1. The number of aromatic nitrogens is 2. The third-order valence-corrected chi connectivity index (χ3v) is 6.26. The number of carbonyl (C=O) groups excluding carboxylic acids is 2. The molecule has 2 heterocycles. The van der Waals surface area contributed by atoms with Gasteiger partial charge in [0.15, 0.2) is 5.16 Å². The highest BCUT2D eigenvalue weighted by Crippen LogP contribution is 2.21. The van der Waals surface area contributed by atoms with E-state index in [2.05, 4.69) is 17.2 Å². The van der Waals surface area contributed by atoms with Crippen LogP contribution in [-0.4, -0.2) is 52.2 Å². The number of nitrogens with one attached hydrogen (secondary N) is 1. The number of benzene rings is 1. The minimum atomic E-state index is -0.108. The zero-order chi connectivity index (χ0) is 21.3. The van der Waals surface area contributed by atoms with Crippen molar-refractivity contribution in [2.75, 3.05) is 25.9 Å². The second kappa shape index (κ2) is 11.2. The molecule has 1 aliphatic heterocycles. The lowest BCUT2D eigenvalue weighted by atomic mass is 9.96. The Morgan fingerprint density at radius 2 is 2.00 bits per heavy atom. The summed E-state index contributed by atoms with van der Waals surface area (Å²) in [4.78, 5) is 31.6. The van der Waals surface area contributed by atoms with Crippen molar-refractivity contribution in [2.24, 2.45) is 5.92 Å². The predicted octanol–water partition coefficient (Wildman–Crippen LogP) is 4.14. The lowest BCUT2D eigenvalue weighted by molar-refractivity contribution is -0.126. The fraction of sp³-hybridized carbons (Fsp3) is 0.522. The second-order valence-corrected chi connectivity index (χ2v) is 8.55. The van der Waals surface area contributed by atoms with Gasteiger partial charge in [-0.2, -0.15) is 0 Å². The molecule has 0 spiro atoms. The lowest BCUT2D eigenvalue weighted by Gasteiger charge is -2.32. The molecule has 1 N–H and O–H groups in total. The predicted molar refractivity (Wildman–Crippen MR) is 121 cm³/mol. The minimum absolute atomic E-state index is 0.00211. The van der Waals surface area contributed by atoms with Crippen LogP contribution in [0.25, 0.3) is 5.69 Å². The molecule has 6 nitrogen and oxygen atoms in total. The average Bonchev–Trinajstić information content (AvgIpc) is 3.27. The van der Waals surface area contributed by atoms with Gasteiger partial charge in [0.1, 0.15) is 0 Å². The van der Waals surface area contributed by atoms with Crippen molar-refractivity contribution in [3.05, 3.63) is 42.2 Å². The number of piperidine rings is 1. The molecule has 0 radical (unpaired) electrons. The van der Waals surface area contributed by atoms with Gasteiger partial charge in [0.25, 0.3) is 5.91 Å². The number of rotatable bonds is 9. The van der Waals surface area contributed by atoms with Gasteiger partial charge in [0.05, 0.1) is 5.92 Å². The van der Waals surface area contributed by atoms with E-state index in [0.717, 1.165) is 43.1 Å². The molecule has 1 aliphatic rings. The van der Waals surface area contributed by atoms with Gasteiger partial charge in [0.2, 0.25) is 5.91 Å². The number of hydrogen-bond acceptors (Lipinski definition) is 4. The number of amides is 2. The normalized spacial score (nSPS) is 16.5. The lowest BCUT2D eigenvalue weighted by Crippen LogP contribution is -2.45. The summed E-state index contributed by atoms with van der Waals surface area (Å²) in [6.07, 6.45) is 12.0. The molecule has 0 bridgehead atoms. The largest absolute Gasteiger partial charge is 0.356 e. The van der Waals surface area contributed by atoms with E-state index in [1.54, 1.807) is 18.0 Å². The van der Waals surface area contributed by atoms with Crippen molar-refractivity contribution in [3.63, 3.8) is 0 Å². The monoisotopic (exact) mass is 428 g/mol. The first-order valence-electron chi connectivity index (χ1n) is 10.9. The fourth-order valence-electron chi connectivity index (χ4n) is 3.87. The number of carbonyl (C=O) groups is 2. The van der Waals surface area contributed by atoms with Gasteiger partial charge < -0.3 is 10.2 Å². The Kier molecular flexibility index (Phi) is 8.37. The first-order valence-corrected chi connectivity index (χ1v) is 12.1. The summed E-state index contributed by atoms with van der Waals surface area (Å²) in [6, 6.07) is 7.61. The topological polar surface area (TPSA) is 67.2 Å². The van der Waals surface area contributed by atoms with E-state index in [1.165, 1.54) is 12.8 Å². The maximum Gasteiger partial charge on any atom is 0.253 e. The van der Waals surface area contributed by atoms with Crippen LogP contribution in [0.5, 0.6) is 0 Å². The van der Waals surface area contributed by atoms with Gasteiger partial charge in [0, 0.05) is 43.3 Å². The van der Waals surface area contributed by atoms with Crippen molar-refractivity contribution in [1.82, 2.24) is 19.8 Å². The summed E-state index contributed by atoms with van der Waals surface area (Å²) in [7, 11) is 0. The molecule has 7 heteroatoms. The molecule has 0 aliphatic carbocycles. The molecule has 1 fully saturated rings. The van der Waals surface area contributed by atoms with E-state index >= 15 is 0 Å². The van der Waals surface area contributed by atoms with Gasteiger partial charge in [-0.25, -0.2) is 4.98 Å². The Hall–Kier alpha value is -2.28. The first kappa shape index (κ1) is 22.4. The summed E-state index contributed by atoms with van der Waals surface area (Å²) < 4.78 is 2.00. The number of unbranched alkanes of at least 4 members (excludes halogenated alkanes) is 3. The Morgan fingerprint density at radius 3 is 2.73 bits per heavy atom. The summed E-state index contributed by atoms with van der Waals surface area (Å²) in [5.41, 5.74) is 1.64. The summed E-state index contributed by atoms with van der Waals surface area (Å²) in [6.45, 7) is 4.12.